The largest absolute Gasteiger partial charge is 0.465 e. The van der Waals surface area contributed by atoms with Crippen LogP contribution in [0.5, 0.6) is 0 Å². The van der Waals surface area contributed by atoms with Crippen LogP contribution in [0.15, 0.2) is 16.6 Å². The zero-order valence-electron chi connectivity index (χ0n) is 8.13. The lowest BCUT2D eigenvalue weighted by Crippen LogP contribution is -2.05. The van der Waals surface area contributed by atoms with E-state index in [1.807, 2.05) is 0 Å². The zero-order chi connectivity index (χ0) is 12.3. The third-order valence-electron chi connectivity index (χ3n) is 1.87. The number of methoxy groups -OCH3 is 1. The molecule has 84 valence electrons. The molecule has 16 heavy (non-hydrogen) atoms. The summed E-state index contributed by atoms with van der Waals surface area (Å²) in [5, 5.41) is 8.73. The summed E-state index contributed by atoms with van der Waals surface area (Å²) in [5.74, 6) is -0.772. The smallest absolute Gasteiger partial charge is 0.339 e. The standard InChI is InChI=1S/C10H6BrF2NO2/c1-16-10(15)7-3-5(9(12)13)2-6(4-14)8(7)11/h2-3,9H,1H3. The Morgan fingerprint density at radius 2 is 2.19 bits per heavy atom. The molecule has 1 aromatic rings. The summed E-state index contributed by atoms with van der Waals surface area (Å²) < 4.78 is 29.6. The van der Waals surface area contributed by atoms with Crippen LogP contribution in [0.3, 0.4) is 0 Å². The molecule has 0 aliphatic rings. The van der Waals surface area contributed by atoms with Gasteiger partial charge in [-0.15, -0.1) is 0 Å². The number of halogens is 3. The Balaban J connectivity index is 3.43. The Labute approximate surface area is 98.8 Å². The summed E-state index contributed by atoms with van der Waals surface area (Å²) >= 11 is 3.00. The van der Waals surface area contributed by atoms with E-state index < -0.39 is 12.4 Å². The summed E-state index contributed by atoms with van der Waals surface area (Å²) in [5.41, 5.74) is -0.504. The first-order valence-electron chi connectivity index (χ1n) is 4.11. The fourth-order valence-corrected chi connectivity index (χ4v) is 1.59. The maximum Gasteiger partial charge on any atom is 0.339 e. The van der Waals surface area contributed by atoms with Gasteiger partial charge >= 0.3 is 5.97 Å². The van der Waals surface area contributed by atoms with Gasteiger partial charge in [0.05, 0.1) is 18.2 Å². The Bertz CT molecular complexity index is 469. The predicted molar refractivity (Wildman–Crippen MR) is 55.2 cm³/mol. The summed E-state index contributed by atoms with van der Waals surface area (Å²) in [4.78, 5) is 11.3. The van der Waals surface area contributed by atoms with E-state index in [-0.39, 0.29) is 21.2 Å². The van der Waals surface area contributed by atoms with Crippen LogP contribution in [0.25, 0.3) is 0 Å². The van der Waals surface area contributed by atoms with Gasteiger partial charge in [-0.1, -0.05) is 0 Å². The molecule has 0 heterocycles. The monoisotopic (exact) mass is 289 g/mol. The summed E-state index contributed by atoms with van der Waals surface area (Å²) in [6.07, 6.45) is -2.75. The van der Waals surface area contributed by atoms with E-state index >= 15 is 0 Å². The van der Waals surface area contributed by atoms with Gasteiger partial charge in [-0.25, -0.2) is 13.6 Å². The maximum atomic E-state index is 12.5. The SMILES string of the molecule is COC(=O)c1cc(C(F)F)cc(C#N)c1Br. The van der Waals surface area contributed by atoms with E-state index in [1.54, 1.807) is 6.07 Å². The number of benzene rings is 1. The molecule has 0 N–H and O–H groups in total. The van der Waals surface area contributed by atoms with Gasteiger partial charge in [-0.3, -0.25) is 0 Å². The highest BCUT2D eigenvalue weighted by molar-refractivity contribution is 9.10. The molecule has 0 aromatic heterocycles. The van der Waals surface area contributed by atoms with Gasteiger partial charge in [0.2, 0.25) is 0 Å². The van der Waals surface area contributed by atoms with Crippen molar-refractivity contribution >= 4 is 21.9 Å². The Morgan fingerprint density at radius 3 is 2.62 bits per heavy atom. The van der Waals surface area contributed by atoms with Crippen LogP contribution in [-0.4, -0.2) is 13.1 Å². The van der Waals surface area contributed by atoms with E-state index in [2.05, 4.69) is 20.7 Å². The molecule has 0 bridgehead atoms. The van der Waals surface area contributed by atoms with Gasteiger partial charge in [0.1, 0.15) is 6.07 Å². The maximum absolute atomic E-state index is 12.5. The number of nitrogens with zero attached hydrogens (tertiary/aromatic N) is 1. The molecular weight excluding hydrogens is 284 g/mol. The van der Waals surface area contributed by atoms with Crippen molar-refractivity contribution in [3.8, 4) is 6.07 Å². The number of hydrogen-bond donors (Lipinski definition) is 0. The summed E-state index contributed by atoms with van der Waals surface area (Å²) in [6, 6.07) is 3.75. The molecule has 1 aromatic carbocycles. The summed E-state index contributed by atoms with van der Waals surface area (Å²) in [7, 11) is 1.13. The van der Waals surface area contributed by atoms with Crippen LogP contribution in [0.2, 0.25) is 0 Å². The van der Waals surface area contributed by atoms with Gasteiger partial charge in [-0.05, 0) is 28.1 Å². The van der Waals surface area contributed by atoms with Crippen molar-refractivity contribution in [2.24, 2.45) is 0 Å². The molecule has 1 rings (SSSR count). The van der Waals surface area contributed by atoms with E-state index in [0.717, 1.165) is 19.2 Å². The molecule has 0 aliphatic heterocycles. The van der Waals surface area contributed by atoms with Crippen LogP contribution in [0.4, 0.5) is 8.78 Å². The van der Waals surface area contributed by atoms with E-state index in [4.69, 9.17) is 5.26 Å². The van der Waals surface area contributed by atoms with Crippen molar-refractivity contribution in [1.82, 2.24) is 0 Å². The van der Waals surface area contributed by atoms with Crippen LogP contribution in [0.1, 0.15) is 27.9 Å². The van der Waals surface area contributed by atoms with Crippen LogP contribution >= 0.6 is 15.9 Å². The second-order valence-electron chi connectivity index (χ2n) is 2.83. The normalized spacial score (nSPS) is 10.0. The third kappa shape index (κ3) is 2.36. The fourth-order valence-electron chi connectivity index (χ4n) is 1.11. The quantitative estimate of drug-likeness (QED) is 0.786. The molecule has 0 radical (unpaired) electrons. The predicted octanol–water partition coefficient (Wildman–Crippen LogP) is 3.04. The van der Waals surface area contributed by atoms with Gasteiger partial charge < -0.3 is 4.74 Å². The first kappa shape index (κ1) is 12.6. The first-order valence-corrected chi connectivity index (χ1v) is 4.90. The van der Waals surface area contributed by atoms with Crippen molar-refractivity contribution in [3.05, 3.63) is 33.3 Å². The van der Waals surface area contributed by atoms with E-state index in [0.29, 0.717) is 0 Å². The van der Waals surface area contributed by atoms with Crippen molar-refractivity contribution < 1.29 is 18.3 Å². The number of esters is 1. The number of alkyl halides is 2. The van der Waals surface area contributed by atoms with Crippen LogP contribution < -0.4 is 0 Å². The number of hydrogen-bond acceptors (Lipinski definition) is 3. The van der Waals surface area contributed by atoms with Crippen LogP contribution in [-0.2, 0) is 4.74 Å². The molecule has 0 spiro atoms. The molecule has 0 saturated carbocycles. The number of carbonyl (C=O) groups is 1. The lowest BCUT2D eigenvalue weighted by atomic mass is 10.1. The van der Waals surface area contributed by atoms with Gasteiger partial charge in [-0.2, -0.15) is 5.26 Å². The molecular formula is C10H6BrF2NO2. The highest BCUT2D eigenvalue weighted by Gasteiger charge is 2.18. The van der Waals surface area contributed by atoms with Gasteiger partial charge in [0, 0.05) is 10.0 Å². The minimum absolute atomic E-state index is 0.0294. The second-order valence-corrected chi connectivity index (χ2v) is 3.63. The van der Waals surface area contributed by atoms with Crippen molar-refractivity contribution in [2.75, 3.05) is 7.11 Å². The van der Waals surface area contributed by atoms with Crippen molar-refractivity contribution in [3.63, 3.8) is 0 Å². The zero-order valence-corrected chi connectivity index (χ0v) is 9.72. The Morgan fingerprint density at radius 1 is 1.56 bits per heavy atom. The van der Waals surface area contributed by atoms with Gasteiger partial charge in [0.25, 0.3) is 6.43 Å². The molecule has 0 amide bonds. The Kier molecular flexibility index (Phi) is 3.96. The average molecular weight is 290 g/mol. The fraction of sp³-hybridized carbons (Fsp3) is 0.200. The second kappa shape index (κ2) is 5.03. The first-order chi connectivity index (χ1) is 7.51. The molecule has 3 nitrogen and oxygen atoms in total. The van der Waals surface area contributed by atoms with Gasteiger partial charge in [0.15, 0.2) is 0 Å². The van der Waals surface area contributed by atoms with E-state index in [1.165, 1.54) is 0 Å². The number of ether oxygens (including phenoxy) is 1. The topological polar surface area (TPSA) is 50.1 Å². The number of nitriles is 1. The lowest BCUT2D eigenvalue weighted by molar-refractivity contribution is 0.0599. The highest BCUT2D eigenvalue weighted by atomic mass is 79.9. The summed E-state index contributed by atoms with van der Waals surface area (Å²) in [6.45, 7) is 0. The molecule has 6 heteroatoms. The molecule has 0 atom stereocenters. The molecule has 0 aliphatic carbocycles. The molecule has 0 saturated heterocycles. The minimum atomic E-state index is -2.75. The minimum Gasteiger partial charge on any atom is -0.465 e. The highest BCUT2D eigenvalue weighted by Crippen LogP contribution is 2.28. The third-order valence-corrected chi connectivity index (χ3v) is 2.73. The van der Waals surface area contributed by atoms with Crippen LogP contribution in [0, 0.1) is 11.3 Å². The molecule has 0 unspecified atom stereocenters. The van der Waals surface area contributed by atoms with E-state index in [9.17, 15) is 13.6 Å². The average Bonchev–Trinajstić information content (AvgIpc) is 2.28. The Hall–Kier alpha value is -1.48. The lowest BCUT2D eigenvalue weighted by Gasteiger charge is -2.07. The van der Waals surface area contributed by atoms with Crippen molar-refractivity contribution in [2.45, 2.75) is 6.43 Å². The number of rotatable bonds is 2. The molecule has 0 fully saturated rings. The van der Waals surface area contributed by atoms with Crippen molar-refractivity contribution in [1.29, 1.82) is 5.26 Å². The number of carbonyl (C=O) groups excluding carboxylic acids is 1.